The van der Waals surface area contributed by atoms with E-state index >= 15 is 0 Å². The van der Waals surface area contributed by atoms with E-state index in [9.17, 15) is 4.39 Å². The minimum absolute atomic E-state index is 0. The highest BCUT2D eigenvalue weighted by Crippen LogP contribution is 2.33. The highest BCUT2D eigenvalue weighted by Gasteiger charge is 2.41. The predicted molar refractivity (Wildman–Crippen MR) is 99.7 cm³/mol. The second-order valence-corrected chi connectivity index (χ2v) is 7.18. The predicted octanol–water partition coefficient (Wildman–Crippen LogP) is 1.85. The van der Waals surface area contributed by atoms with Crippen LogP contribution in [0.2, 0.25) is 0 Å². The van der Waals surface area contributed by atoms with Gasteiger partial charge < -0.3 is 28.7 Å². The third-order valence-electron chi connectivity index (χ3n) is 5.07. The normalized spacial score (nSPS) is 15.7. The van der Waals surface area contributed by atoms with E-state index < -0.39 is 0 Å². The molecule has 0 atom stereocenters. The quantitative estimate of drug-likeness (QED) is 0.419. The smallest absolute Gasteiger partial charge is 0.371 e. The molecule has 3 aromatic carbocycles. The number of likely N-dealkylation sites (N-methyl/N-ethyl adjacent to an activating group) is 1. The number of hydrogen-bond donors (Lipinski definition) is 0. The first-order valence-corrected chi connectivity index (χ1v) is 8.49. The summed E-state index contributed by atoms with van der Waals surface area (Å²) >= 11 is 0. The molecule has 4 heteroatoms. The van der Waals surface area contributed by atoms with E-state index in [2.05, 4.69) is 49.7 Å². The van der Waals surface area contributed by atoms with Crippen LogP contribution >= 0.6 is 0 Å². The van der Waals surface area contributed by atoms with Crippen molar-refractivity contribution in [2.75, 3.05) is 13.7 Å². The van der Waals surface area contributed by atoms with Crippen molar-refractivity contribution < 1.29 is 37.7 Å². The summed E-state index contributed by atoms with van der Waals surface area (Å²) in [4.78, 5) is 0. The zero-order valence-corrected chi connectivity index (χ0v) is 17.2. The molecule has 1 heterocycles. The standard InChI is InChI=1S/C22H21FNO.HI/c1-22(2)14-25-21(24(22)3)20-18-7-5-4-6-15(18)10-13-19(20)16-8-11-17(23)12-9-16;/h4-13H,14H2,1-3H3;1H/q+1;/p-1. The van der Waals surface area contributed by atoms with Gasteiger partial charge in [0.15, 0.2) is 12.1 Å². The monoisotopic (exact) mass is 461 g/mol. The van der Waals surface area contributed by atoms with Crippen LogP contribution in [-0.2, 0) is 4.74 Å². The van der Waals surface area contributed by atoms with Gasteiger partial charge in [-0.1, -0.05) is 48.5 Å². The molecule has 0 aromatic heterocycles. The van der Waals surface area contributed by atoms with Gasteiger partial charge in [-0.3, -0.25) is 0 Å². The Hall–Kier alpha value is -1.95. The molecule has 0 saturated heterocycles. The number of rotatable bonds is 2. The van der Waals surface area contributed by atoms with E-state index in [1.807, 2.05) is 24.3 Å². The van der Waals surface area contributed by atoms with Crippen LogP contribution in [0.4, 0.5) is 4.39 Å². The minimum Gasteiger partial charge on any atom is -1.00 e. The second-order valence-electron chi connectivity index (χ2n) is 7.18. The van der Waals surface area contributed by atoms with Gasteiger partial charge in [-0.25, -0.2) is 4.39 Å². The van der Waals surface area contributed by atoms with Crippen LogP contribution in [0.5, 0.6) is 0 Å². The zero-order valence-electron chi connectivity index (χ0n) is 15.1. The van der Waals surface area contributed by atoms with Gasteiger partial charge in [0, 0.05) is 13.8 Å². The topological polar surface area (TPSA) is 12.2 Å². The average molecular weight is 461 g/mol. The molecule has 0 N–H and O–H groups in total. The first-order valence-electron chi connectivity index (χ1n) is 8.49. The number of nitrogens with zero attached hydrogens (tertiary/aromatic N) is 1. The summed E-state index contributed by atoms with van der Waals surface area (Å²) in [5.41, 5.74) is 3.04. The van der Waals surface area contributed by atoms with Gasteiger partial charge >= 0.3 is 5.90 Å². The SMILES string of the molecule is C[N+]1=C(c2c(-c3ccc(F)cc3)ccc3ccccc23)OCC1(C)C.[I-]. The molecule has 0 radical (unpaired) electrons. The molecule has 1 aliphatic rings. The van der Waals surface area contributed by atoms with Gasteiger partial charge in [0.05, 0.1) is 0 Å². The van der Waals surface area contributed by atoms with Gasteiger partial charge in [-0.2, -0.15) is 4.58 Å². The molecule has 0 saturated carbocycles. The number of fused-ring (bicyclic) bond motifs is 1. The Balaban J connectivity index is 0.00000196. The maximum absolute atomic E-state index is 13.4. The van der Waals surface area contributed by atoms with E-state index in [0.717, 1.165) is 33.4 Å². The third-order valence-corrected chi connectivity index (χ3v) is 5.07. The van der Waals surface area contributed by atoms with E-state index in [4.69, 9.17) is 4.74 Å². The van der Waals surface area contributed by atoms with Crippen LogP contribution < -0.4 is 24.0 Å². The van der Waals surface area contributed by atoms with Crippen molar-refractivity contribution in [1.29, 1.82) is 0 Å². The fourth-order valence-corrected chi connectivity index (χ4v) is 3.33. The number of hydrogen-bond acceptors (Lipinski definition) is 1. The molecular weight excluding hydrogens is 440 g/mol. The second kappa shape index (κ2) is 6.99. The number of ether oxygens (including phenoxy) is 1. The lowest BCUT2D eigenvalue weighted by Crippen LogP contribution is -3.00. The van der Waals surface area contributed by atoms with Gasteiger partial charge in [0.1, 0.15) is 18.4 Å². The van der Waals surface area contributed by atoms with Crippen LogP contribution in [0.3, 0.4) is 0 Å². The summed E-state index contributed by atoms with van der Waals surface area (Å²) in [6.45, 7) is 4.98. The molecule has 0 fully saturated rings. The fourth-order valence-electron chi connectivity index (χ4n) is 3.33. The van der Waals surface area contributed by atoms with Gasteiger partial charge in [0.2, 0.25) is 0 Å². The summed E-state index contributed by atoms with van der Waals surface area (Å²) in [6.07, 6.45) is 0. The molecule has 2 nitrogen and oxygen atoms in total. The fraction of sp³-hybridized carbons (Fsp3) is 0.227. The van der Waals surface area contributed by atoms with Crippen LogP contribution in [0.15, 0.2) is 60.7 Å². The van der Waals surface area contributed by atoms with Crippen LogP contribution in [0.1, 0.15) is 19.4 Å². The third kappa shape index (κ3) is 3.11. The average Bonchev–Trinajstić information content (AvgIpc) is 2.88. The van der Waals surface area contributed by atoms with E-state index in [1.54, 1.807) is 0 Å². The zero-order chi connectivity index (χ0) is 17.6. The Morgan fingerprint density at radius 3 is 2.31 bits per heavy atom. The molecule has 0 bridgehead atoms. The summed E-state index contributed by atoms with van der Waals surface area (Å²) < 4.78 is 21.7. The number of benzene rings is 3. The highest BCUT2D eigenvalue weighted by atomic mass is 127. The lowest BCUT2D eigenvalue weighted by molar-refractivity contribution is -0.562. The minimum atomic E-state index is -0.228. The maximum Gasteiger partial charge on any atom is 0.371 e. The van der Waals surface area contributed by atoms with Crippen LogP contribution in [0, 0.1) is 5.82 Å². The maximum atomic E-state index is 13.4. The molecule has 0 aliphatic carbocycles. The van der Waals surface area contributed by atoms with Crippen molar-refractivity contribution in [2.45, 2.75) is 19.4 Å². The van der Waals surface area contributed by atoms with E-state index in [1.165, 1.54) is 12.1 Å². The summed E-state index contributed by atoms with van der Waals surface area (Å²) in [6, 6.07) is 19.2. The van der Waals surface area contributed by atoms with Gasteiger partial charge in [-0.15, -0.1) is 0 Å². The first kappa shape index (κ1) is 18.8. The molecule has 26 heavy (non-hydrogen) atoms. The Morgan fingerprint density at radius 1 is 0.962 bits per heavy atom. The number of halogens is 2. The van der Waals surface area contributed by atoms with Crippen LogP contribution in [-0.4, -0.2) is 29.7 Å². The molecule has 4 rings (SSSR count). The van der Waals surface area contributed by atoms with Crippen molar-refractivity contribution in [1.82, 2.24) is 0 Å². The summed E-state index contributed by atoms with van der Waals surface area (Å²) in [7, 11) is 2.07. The lowest BCUT2D eigenvalue weighted by Gasteiger charge is -2.12. The van der Waals surface area contributed by atoms with Crippen molar-refractivity contribution in [3.05, 3.63) is 72.0 Å². The molecule has 0 unspecified atom stereocenters. The van der Waals surface area contributed by atoms with Crippen molar-refractivity contribution in [3.63, 3.8) is 0 Å². The molecule has 134 valence electrons. The van der Waals surface area contributed by atoms with Crippen molar-refractivity contribution >= 4 is 16.7 Å². The molecule has 0 amide bonds. The van der Waals surface area contributed by atoms with Gasteiger partial charge in [-0.05, 0) is 34.0 Å². The van der Waals surface area contributed by atoms with Gasteiger partial charge in [0.25, 0.3) is 0 Å². The van der Waals surface area contributed by atoms with E-state index in [0.29, 0.717) is 6.61 Å². The van der Waals surface area contributed by atoms with E-state index in [-0.39, 0.29) is 35.3 Å². The molecule has 0 spiro atoms. The molecule has 3 aromatic rings. The Morgan fingerprint density at radius 2 is 1.65 bits per heavy atom. The first-order chi connectivity index (χ1) is 12.0. The van der Waals surface area contributed by atoms with Crippen LogP contribution in [0.25, 0.3) is 21.9 Å². The highest BCUT2D eigenvalue weighted by molar-refractivity contribution is 6.10. The summed E-state index contributed by atoms with van der Waals surface area (Å²) in [5.74, 6) is 0.648. The van der Waals surface area contributed by atoms with Crippen molar-refractivity contribution in [2.24, 2.45) is 0 Å². The van der Waals surface area contributed by atoms with Crippen molar-refractivity contribution in [3.8, 4) is 11.1 Å². The molecule has 1 aliphatic heterocycles. The largest absolute Gasteiger partial charge is 1.00 e. The Labute approximate surface area is 170 Å². The Kier molecular flexibility index (Phi) is 5.06. The Bertz CT molecular complexity index is 993. The molecular formula is C22H21FINO. The summed E-state index contributed by atoms with van der Waals surface area (Å²) in [5, 5.41) is 2.31. The lowest BCUT2D eigenvalue weighted by atomic mass is 9.93.